The average Bonchev–Trinajstić information content (AvgIpc) is 3.36. The summed E-state index contributed by atoms with van der Waals surface area (Å²) in [4.78, 5) is 28.1. The molecular weight excluding hydrogens is 462 g/mol. The van der Waals surface area contributed by atoms with E-state index in [1.54, 1.807) is 42.2 Å². The second-order valence-corrected chi connectivity index (χ2v) is 11.5. The van der Waals surface area contributed by atoms with E-state index in [0.717, 1.165) is 36.8 Å². The maximum atomic E-state index is 13.3. The highest BCUT2D eigenvalue weighted by Gasteiger charge is 2.28. The molecule has 1 aliphatic carbocycles. The monoisotopic (exact) mass is 499 g/mol. The summed E-state index contributed by atoms with van der Waals surface area (Å²) in [5, 5.41) is 3.10. The molecule has 35 heavy (non-hydrogen) atoms. The summed E-state index contributed by atoms with van der Waals surface area (Å²) < 4.78 is 26.8. The van der Waals surface area contributed by atoms with Crippen LogP contribution in [0.3, 0.4) is 0 Å². The van der Waals surface area contributed by atoms with E-state index in [1.165, 1.54) is 11.4 Å². The van der Waals surface area contributed by atoms with Crippen molar-refractivity contribution < 1.29 is 18.0 Å². The first kappa shape index (κ1) is 26.9. The number of carbonyl (C=O) groups is 2. The van der Waals surface area contributed by atoms with Crippen LogP contribution >= 0.6 is 0 Å². The van der Waals surface area contributed by atoms with E-state index in [4.69, 9.17) is 0 Å². The zero-order chi connectivity index (χ0) is 25.4. The number of hydrogen-bond acceptors (Lipinski definition) is 4. The van der Waals surface area contributed by atoms with Gasteiger partial charge in [0.15, 0.2) is 0 Å². The van der Waals surface area contributed by atoms with E-state index in [2.05, 4.69) is 5.32 Å². The molecule has 1 fully saturated rings. The van der Waals surface area contributed by atoms with Crippen LogP contribution in [0.25, 0.3) is 0 Å². The fraction of sp³-hybridized carbons (Fsp3) is 0.481. The zero-order valence-corrected chi connectivity index (χ0v) is 21.8. The van der Waals surface area contributed by atoms with Gasteiger partial charge in [0, 0.05) is 32.6 Å². The number of benzene rings is 2. The topological polar surface area (TPSA) is 86.8 Å². The molecule has 7 nitrogen and oxygen atoms in total. The van der Waals surface area contributed by atoms with E-state index < -0.39 is 16.1 Å². The molecule has 1 unspecified atom stereocenters. The molecule has 2 amide bonds. The van der Waals surface area contributed by atoms with E-state index >= 15 is 0 Å². The normalized spacial score (nSPS) is 15.2. The van der Waals surface area contributed by atoms with Crippen molar-refractivity contribution in [3.8, 4) is 0 Å². The largest absolute Gasteiger partial charge is 0.352 e. The molecule has 0 heterocycles. The van der Waals surface area contributed by atoms with Gasteiger partial charge in [-0.15, -0.1) is 0 Å². The number of sulfonamides is 1. The third-order valence-electron chi connectivity index (χ3n) is 6.66. The van der Waals surface area contributed by atoms with Crippen LogP contribution in [0.1, 0.15) is 56.6 Å². The SMILES string of the molecule is Cc1ccc(CN(C(=O)CCCN(C)S(=O)(=O)c2ccccc2)C(C)C(=O)NC2CCCC2)cc1. The van der Waals surface area contributed by atoms with Crippen LogP contribution in [-0.2, 0) is 26.2 Å². The molecule has 3 rings (SSSR count). The standard InChI is InChI=1S/C27H37N3O4S/c1-21-15-17-23(18-16-21)20-30(22(2)27(32)28-24-10-7-8-11-24)26(31)14-9-19-29(3)35(33,34)25-12-5-4-6-13-25/h4-6,12-13,15-18,22,24H,7-11,14,19-20H2,1-3H3,(H,28,32). The zero-order valence-electron chi connectivity index (χ0n) is 20.9. The van der Waals surface area contributed by atoms with Crippen molar-refractivity contribution in [1.82, 2.24) is 14.5 Å². The van der Waals surface area contributed by atoms with Crippen molar-refractivity contribution >= 4 is 21.8 Å². The van der Waals surface area contributed by atoms with Crippen molar-refractivity contribution in [2.75, 3.05) is 13.6 Å². The van der Waals surface area contributed by atoms with Crippen molar-refractivity contribution in [1.29, 1.82) is 0 Å². The number of carbonyl (C=O) groups excluding carboxylic acids is 2. The van der Waals surface area contributed by atoms with Gasteiger partial charge in [0.05, 0.1) is 4.90 Å². The van der Waals surface area contributed by atoms with Crippen molar-refractivity contribution in [2.24, 2.45) is 0 Å². The lowest BCUT2D eigenvalue weighted by Crippen LogP contribution is -2.49. The van der Waals surface area contributed by atoms with Crippen LogP contribution in [0.4, 0.5) is 0 Å². The molecule has 1 aliphatic rings. The first-order valence-corrected chi connectivity index (χ1v) is 13.8. The molecule has 1 atom stereocenters. The number of hydrogen-bond donors (Lipinski definition) is 1. The first-order chi connectivity index (χ1) is 16.7. The summed E-state index contributed by atoms with van der Waals surface area (Å²) in [5.41, 5.74) is 2.08. The first-order valence-electron chi connectivity index (χ1n) is 12.4. The fourth-order valence-electron chi connectivity index (χ4n) is 4.35. The fourth-order valence-corrected chi connectivity index (χ4v) is 5.58. The lowest BCUT2D eigenvalue weighted by Gasteiger charge is -2.30. The van der Waals surface area contributed by atoms with Gasteiger partial charge in [-0.25, -0.2) is 12.7 Å². The van der Waals surface area contributed by atoms with Crippen LogP contribution in [0.5, 0.6) is 0 Å². The molecule has 0 saturated heterocycles. The van der Waals surface area contributed by atoms with Crippen LogP contribution in [0.2, 0.25) is 0 Å². The molecule has 1 saturated carbocycles. The second-order valence-electron chi connectivity index (χ2n) is 9.42. The van der Waals surface area contributed by atoms with Gasteiger partial charge in [-0.2, -0.15) is 0 Å². The summed E-state index contributed by atoms with van der Waals surface area (Å²) in [6.45, 7) is 4.31. The Labute approximate surface area is 209 Å². The molecule has 1 N–H and O–H groups in total. The van der Waals surface area contributed by atoms with Crippen LogP contribution in [0, 0.1) is 6.92 Å². The van der Waals surface area contributed by atoms with Gasteiger partial charge in [0.1, 0.15) is 6.04 Å². The number of nitrogens with zero attached hydrogens (tertiary/aromatic N) is 2. The molecular formula is C27H37N3O4S. The molecule has 0 aromatic heterocycles. The minimum atomic E-state index is -3.61. The lowest BCUT2D eigenvalue weighted by molar-refractivity contribution is -0.141. The Hall–Kier alpha value is -2.71. The van der Waals surface area contributed by atoms with Crippen molar-refractivity contribution in [2.45, 2.75) is 75.9 Å². The van der Waals surface area contributed by atoms with Gasteiger partial charge in [-0.05, 0) is 50.8 Å². The third-order valence-corrected chi connectivity index (χ3v) is 8.53. The molecule has 0 spiro atoms. The van der Waals surface area contributed by atoms with Crippen LogP contribution in [-0.4, -0.2) is 55.1 Å². The molecule has 0 bridgehead atoms. The van der Waals surface area contributed by atoms with E-state index in [9.17, 15) is 18.0 Å². The molecule has 2 aromatic carbocycles. The van der Waals surface area contributed by atoms with E-state index in [1.807, 2.05) is 31.2 Å². The van der Waals surface area contributed by atoms with Gasteiger partial charge in [-0.1, -0.05) is 60.9 Å². The maximum Gasteiger partial charge on any atom is 0.242 e. The molecule has 8 heteroatoms. The molecule has 0 radical (unpaired) electrons. The average molecular weight is 500 g/mol. The summed E-state index contributed by atoms with van der Waals surface area (Å²) >= 11 is 0. The smallest absolute Gasteiger partial charge is 0.242 e. The van der Waals surface area contributed by atoms with Crippen LogP contribution in [0.15, 0.2) is 59.5 Å². The van der Waals surface area contributed by atoms with Gasteiger partial charge in [0.25, 0.3) is 0 Å². The predicted molar refractivity (Wildman–Crippen MR) is 137 cm³/mol. The van der Waals surface area contributed by atoms with Gasteiger partial charge in [0.2, 0.25) is 21.8 Å². The van der Waals surface area contributed by atoms with Gasteiger partial charge < -0.3 is 10.2 Å². The lowest BCUT2D eigenvalue weighted by atomic mass is 10.1. The molecule has 0 aliphatic heterocycles. The summed E-state index contributed by atoms with van der Waals surface area (Å²) in [5.74, 6) is -0.300. The molecule has 2 aromatic rings. The predicted octanol–water partition coefficient (Wildman–Crippen LogP) is 3.87. The Kier molecular flexibility index (Phi) is 9.46. The quantitative estimate of drug-likeness (QED) is 0.508. The Morgan fingerprint density at radius 2 is 1.66 bits per heavy atom. The van der Waals surface area contributed by atoms with Crippen molar-refractivity contribution in [3.05, 3.63) is 65.7 Å². The highest BCUT2D eigenvalue weighted by molar-refractivity contribution is 7.89. The summed E-state index contributed by atoms with van der Waals surface area (Å²) in [7, 11) is -2.09. The second kappa shape index (κ2) is 12.3. The summed E-state index contributed by atoms with van der Waals surface area (Å²) in [6.07, 6.45) is 4.71. The minimum absolute atomic E-state index is 0.138. The minimum Gasteiger partial charge on any atom is -0.352 e. The Bertz CT molecular complexity index is 1080. The Morgan fingerprint density at radius 3 is 2.29 bits per heavy atom. The number of nitrogens with one attached hydrogen (secondary N) is 1. The highest BCUT2D eigenvalue weighted by atomic mass is 32.2. The maximum absolute atomic E-state index is 13.3. The number of amides is 2. The van der Waals surface area contributed by atoms with Gasteiger partial charge in [-0.3, -0.25) is 9.59 Å². The Balaban J connectivity index is 1.64. The highest BCUT2D eigenvalue weighted by Crippen LogP contribution is 2.19. The molecule has 190 valence electrons. The Morgan fingerprint density at radius 1 is 1.03 bits per heavy atom. The van der Waals surface area contributed by atoms with Crippen LogP contribution < -0.4 is 5.32 Å². The van der Waals surface area contributed by atoms with E-state index in [-0.39, 0.29) is 35.7 Å². The van der Waals surface area contributed by atoms with Crippen molar-refractivity contribution in [3.63, 3.8) is 0 Å². The van der Waals surface area contributed by atoms with Gasteiger partial charge >= 0.3 is 0 Å². The van der Waals surface area contributed by atoms with E-state index in [0.29, 0.717) is 13.0 Å². The summed E-state index contributed by atoms with van der Waals surface area (Å²) in [6, 6.07) is 15.7. The third kappa shape index (κ3) is 7.39. The number of rotatable bonds is 11. The number of aryl methyl sites for hydroxylation is 1.